The lowest BCUT2D eigenvalue weighted by atomic mass is 10.0. The third-order valence-electron chi connectivity index (χ3n) is 3.27. The Morgan fingerprint density at radius 3 is 2.95 bits per heavy atom. The molecular formula is C14H24IN3OS. The number of aliphatic imine (C=N–C) groups is 1. The molecule has 2 N–H and O–H groups in total. The molecule has 20 heavy (non-hydrogen) atoms. The van der Waals surface area contributed by atoms with Crippen LogP contribution in [0, 0.1) is 0 Å². The zero-order valence-electron chi connectivity index (χ0n) is 12.1. The Labute approximate surface area is 142 Å². The molecule has 1 unspecified atom stereocenters. The van der Waals surface area contributed by atoms with Gasteiger partial charge in [-0.05, 0) is 49.1 Å². The van der Waals surface area contributed by atoms with Gasteiger partial charge < -0.3 is 15.4 Å². The summed E-state index contributed by atoms with van der Waals surface area (Å²) in [5.74, 6) is 0.866. The minimum atomic E-state index is -0.0431. The van der Waals surface area contributed by atoms with Crippen molar-refractivity contribution in [2.24, 2.45) is 4.99 Å². The monoisotopic (exact) mass is 409 g/mol. The Bertz CT molecular complexity index is 403. The molecular weight excluding hydrogens is 385 g/mol. The number of ether oxygens (including phenoxy) is 1. The predicted molar refractivity (Wildman–Crippen MR) is 96.1 cm³/mol. The van der Waals surface area contributed by atoms with Gasteiger partial charge in [0.2, 0.25) is 0 Å². The number of hydrogen-bond acceptors (Lipinski definition) is 3. The number of rotatable bonds is 5. The topological polar surface area (TPSA) is 45.7 Å². The lowest BCUT2D eigenvalue weighted by Gasteiger charge is -2.24. The standard InChI is InChI=1S/C14H23N3OS.HI/c1-3-15-13(16-9-12-5-8-19-10-12)17-11-14(2)6-4-7-18-14;/h5,8,10H,3-4,6-7,9,11H2,1-2H3,(H2,15,16,17);1H. The van der Waals surface area contributed by atoms with Crippen molar-refractivity contribution in [2.75, 3.05) is 19.7 Å². The first-order valence-corrected chi connectivity index (χ1v) is 7.83. The molecule has 1 aliphatic rings. The van der Waals surface area contributed by atoms with Crippen molar-refractivity contribution < 1.29 is 4.74 Å². The van der Waals surface area contributed by atoms with Crippen LogP contribution in [0.1, 0.15) is 32.3 Å². The fourth-order valence-corrected chi connectivity index (χ4v) is 2.80. The fraction of sp³-hybridized carbons (Fsp3) is 0.643. The molecule has 0 saturated carbocycles. The summed E-state index contributed by atoms with van der Waals surface area (Å²) in [6, 6.07) is 2.11. The van der Waals surface area contributed by atoms with Crippen LogP contribution in [0.4, 0.5) is 0 Å². The van der Waals surface area contributed by atoms with Crippen LogP contribution in [-0.2, 0) is 11.3 Å². The highest BCUT2D eigenvalue weighted by Crippen LogP contribution is 2.23. The van der Waals surface area contributed by atoms with Crippen LogP contribution in [0.15, 0.2) is 21.8 Å². The summed E-state index contributed by atoms with van der Waals surface area (Å²) in [6.45, 7) is 7.51. The van der Waals surface area contributed by atoms with Crippen molar-refractivity contribution in [1.29, 1.82) is 0 Å². The van der Waals surface area contributed by atoms with E-state index in [1.807, 2.05) is 0 Å². The molecule has 1 aromatic heterocycles. The number of guanidine groups is 1. The maximum Gasteiger partial charge on any atom is 0.191 e. The van der Waals surface area contributed by atoms with Gasteiger partial charge in [0.05, 0.1) is 12.1 Å². The smallest absolute Gasteiger partial charge is 0.191 e. The number of nitrogens with one attached hydrogen (secondary N) is 2. The van der Waals surface area contributed by atoms with Gasteiger partial charge >= 0.3 is 0 Å². The minimum absolute atomic E-state index is 0. The van der Waals surface area contributed by atoms with Gasteiger partial charge in [0.15, 0.2) is 5.96 Å². The minimum Gasteiger partial charge on any atom is -0.373 e. The highest BCUT2D eigenvalue weighted by molar-refractivity contribution is 14.0. The quantitative estimate of drug-likeness (QED) is 0.447. The molecule has 0 aliphatic carbocycles. The first-order valence-electron chi connectivity index (χ1n) is 6.89. The Balaban J connectivity index is 0.00000200. The Morgan fingerprint density at radius 2 is 2.35 bits per heavy atom. The number of thiophene rings is 1. The number of halogens is 1. The fourth-order valence-electron chi connectivity index (χ4n) is 2.14. The SMILES string of the molecule is CCNC(=NCc1ccsc1)NCC1(C)CCCO1.I. The van der Waals surface area contributed by atoms with Crippen LogP contribution in [0.5, 0.6) is 0 Å². The Morgan fingerprint density at radius 1 is 1.50 bits per heavy atom. The van der Waals surface area contributed by atoms with E-state index in [0.29, 0.717) is 0 Å². The lowest BCUT2D eigenvalue weighted by Crippen LogP contribution is -2.45. The van der Waals surface area contributed by atoms with Crippen LogP contribution in [0.2, 0.25) is 0 Å². The summed E-state index contributed by atoms with van der Waals surface area (Å²) in [7, 11) is 0. The number of hydrogen-bond donors (Lipinski definition) is 2. The van der Waals surface area contributed by atoms with E-state index < -0.39 is 0 Å². The molecule has 2 rings (SSSR count). The molecule has 0 spiro atoms. The molecule has 4 nitrogen and oxygen atoms in total. The molecule has 1 atom stereocenters. The molecule has 0 aromatic carbocycles. The molecule has 1 aliphatic heterocycles. The lowest BCUT2D eigenvalue weighted by molar-refractivity contribution is 0.0243. The Hall–Kier alpha value is -0.340. The van der Waals surface area contributed by atoms with Gasteiger partial charge in [0.25, 0.3) is 0 Å². The van der Waals surface area contributed by atoms with Crippen molar-refractivity contribution in [3.8, 4) is 0 Å². The highest BCUT2D eigenvalue weighted by Gasteiger charge is 2.29. The third-order valence-corrected chi connectivity index (χ3v) is 4.01. The van der Waals surface area contributed by atoms with E-state index in [1.165, 1.54) is 5.56 Å². The molecule has 0 bridgehead atoms. The van der Waals surface area contributed by atoms with Gasteiger partial charge in [-0.1, -0.05) is 0 Å². The second-order valence-corrected chi connectivity index (χ2v) is 5.86. The van der Waals surface area contributed by atoms with E-state index in [9.17, 15) is 0 Å². The van der Waals surface area contributed by atoms with Gasteiger partial charge in [0, 0.05) is 19.7 Å². The normalized spacial score (nSPS) is 22.4. The summed E-state index contributed by atoms with van der Waals surface area (Å²) in [4.78, 5) is 4.59. The zero-order valence-corrected chi connectivity index (χ0v) is 15.3. The van der Waals surface area contributed by atoms with Crippen molar-refractivity contribution in [3.63, 3.8) is 0 Å². The average molecular weight is 409 g/mol. The molecule has 114 valence electrons. The van der Waals surface area contributed by atoms with Gasteiger partial charge in [-0.15, -0.1) is 24.0 Å². The zero-order chi connectivity index (χ0) is 13.6. The third kappa shape index (κ3) is 5.57. The maximum atomic E-state index is 5.78. The van der Waals surface area contributed by atoms with Crippen LogP contribution in [0.3, 0.4) is 0 Å². The molecule has 6 heteroatoms. The van der Waals surface area contributed by atoms with E-state index in [-0.39, 0.29) is 29.6 Å². The largest absolute Gasteiger partial charge is 0.373 e. The van der Waals surface area contributed by atoms with E-state index in [0.717, 1.165) is 45.0 Å². The van der Waals surface area contributed by atoms with Crippen LogP contribution < -0.4 is 10.6 Å². The predicted octanol–water partition coefficient (Wildman–Crippen LogP) is 2.99. The van der Waals surface area contributed by atoms with Gasteiger partial charge in [-0.2, -0.15) is 11.3 Å². The summed E-state index contributed by atoms with van der Waals surface area (Å²) in [5, 5.41) is 10.9. The highest BCUT2D eigenvalue weighted by atomic mass is 127. The average Bonchev–Trinajstić information content (AvgIpc) is 3.05. The number of nitrogens with zero attached hydrogens (tertiary/aromatic N) is 1. The second kappa shape index (κ2) is 8.84. The van der Waals surface area contributed by atoms with Gasteiger partial charge in [-0.3, -0.25) is 0 Å². The molecule has 0 radical (unpaired) electrons. The molecule has 0 amide bonds. The van der Waals surface area contributed by atoms with E-state index in [2.05, 4.69) is 46.3 Å². The first kappa shape index (κ1) is 17.7. The summed E-state index contributed by atoms with van der Waals surface area (Å²) < 4.78 is 5.78. The first-order chi connectivity index (χ1) is 9.22. The molecule has 1 fully saturated rings. The van der Waals surface area contributed by atoms with Crippen LogP contribution in [0.25, 0.3) is 0 Å². The molecule has 1 saturated heterocycles. The summed E-state index contributed by atoms with van der Waals surface area (Å²) in [5.41, 5.74) is 1.21. The van der Waals surface area contributed by atoms with Gasteiger partial charge in [-0.25, -0.2) is 4.99 Å². The molecule has 1 aromatic rings. The second-order valence-electron chi connectivity index (χ2n) is 5.08. The van der Waals surface area contributed by atoms with Crippen molar-refractivity contribution in [1.82, 2.24) is 10.6 Å². The summed E-state index contributed by atoms with van der Waals surface area (Å²) in [6.07, 6.45) is 2.27. The van der Waals surface area contributed by atoms with Crippen molar-refractivity contribution in [2.45, 2.75) is 38.8 Å². The summed E-state index contributed by atoms with van der Waals surface area (Å²) >= 11 is 1.71. The van der Waals surface area contributed by atoms with Crippen molar-refractivity contribution >= 4 is 41.3 Å². The van der Waals surface area contributed by atoms with Crippen LogP contribution >= 0.6 is 35.3 Å². The molecule has 2 heterocycles. The van der Waals surface area contributed by atoms with E-state index in [1.54, 1.807) is 11.3 Å². The van der Waals surface area contributed by atoms with Crippen molar-refractivity contribution in [3.05, 3.63) is 22.4 Å². The Kier molecular flexibility index (Phi) is 7.83. The van der Waals surface area contributed by atoms with E-state index >= 15 is 0 Å². The maximum absolute atomic E-state index is 5.78. The van der Waals surface area contributed by atoms with Gasteiger partial charge in [0.1, 0.15) is 0 Å². The van der Waals surface area contributed by atoms with Crippen LogP contribution in [-0.4, -0.2) is 31.3 Å². The van der Waals surface area contributed by atoms with E-state index in [4.69, 9.17) is 4.74 Å².